The van der Waals surface area contributed by atoms with Crippen molar-refractivity contribution in [2.24, 2.45) is 0 Å². The SMILES string of the molecule is CCc1cccc(C)c1NC(=O)N1CCN(c2ccc(OC(C)C)cc2)CC1. The Hall–Kier alpha value is -2.69. The van der Waals surface area contributed by atoms with E-state index < -0.39 is 0 Å². The van der Waals surface area contributed by atoms with Crippen molar-refractivity contribution in [2.75, 3.05) is 36.4 Å². The van der Waals surface area contributed by atoms with Gasteiger partial charge in [-0.2, -0.15) is 0 Å². The summed E-state index contributed by atoms with van der Waals surface area (Å²) in [5, 5.41) is 3.13. The number of piperazine rings is 1. The number of carbonyl (C=O) groups is 1. The van der Waals surface area contributed by atoms with E-state index in [9.17, 15) is 4.79 Å². The molecule has 1 aliphatic rings. The van der Waals surface area contributed by atoms with Crippen LogP contribution in [-0.2, 0) is 6.42 Å². The van der Waals surface area contributed by atoms with E-state index in [4.69, 9.17) is 4.74 Å². The minimum absolute atomic E-state index is 0.00988. The normalized spacial score (nSPS) is 14.3. The number of rotatable bonds is 5. The standard InChI is InChI=1S/C23H31N3O2/c1-5-19-8-6-7-18(4)22(19)24-23(27)26-15-13-25(14-16-26)20-9-11-21(12-10-20)28-17(2)3/h6-12,17H,5,13-16H2,1-4H3,(H,24,27). The number of benzene rings is 2. The van der Waals surface area contributed by atoms with Crippen LogP contribution < -0.4 is 15.0 Å². The number of amides is 2. The minimum atomic E-state index is -0.00988. The van der Waals surface area contributed by atoms with Gasteiger partial charge in [-0.05, 0) is 62.6 Å². The van der Waals surface area contributed by atoms with Crippen molar-refractivity contribution in [1.82, 2.24) is 4.90 Å². The fourth-order valence-electron chi connectivity index (χ4n) is 3.56. The number of carbonyl (C=O) groups excluding carboxylic acids is 1. The van der Waals surface area contributed by atoms with Crippen LogP contribution in [0.25, 0.3) is 0 Å². The molecule has 150 valence electrons. The molecule has 0 bridgehead atoms. The average Bonchev–Trinajstić information content (AvgIpc) is 2.69. The Morgan fingerprint density at radius 3 is 2.36 bits per heavy atom. The maximum absolute atomic E-state index is 12.8. The van der Waals surface area contributed by atoms with Gasteiger partial charge in [0.15, 0.2) is 0 Å². The fraction of sp³-hybridized carbons (Fsp3) is 0.435. The molecule has 0 aliphatic carbocycles. The number of ether oxygens (including phenoxy) is 1. The molecule has 28 heavy (non-hydrogen) atoms. The second kappa shape index (κ2) is 9.00. The summed E-state index contributed by atoms with van der Waals surface area (Å²) >= 11 is 0. The van der Waals surface area contributed by atoms with Crippen molar-refractivity contribution in [3.05, 3.63) is 53.6 Å². The van der Waals surface area contributed by atoms with E-state index >= 15 is 0 Å². The summed E-state index contributed by atoms with van der Waals surface area (Å²) in [6.07, 6.45) is 1.08. The Morgan fingerprint density at radius 1 is 1.07 bits per heavy atom. The second-order valence-electron chi connectivity index (χ2n) is 7.53. The highest BCUT2D eigenvalue weighted by atomic mass is 16.5. The second-order valence-corrected chi connectivity index (χ2v) is 7.53. The summed E-state index contributed by atoms with van der Waals surface area (Å²) < 4.78 is 5.71. The van der Waals surface area contributed by atoms with Crippen LogP contribution in [-0.4, -0.2) is 43.2 Å². The smallest absolute Gasteiger partial charge is 0.321 e. The highest BCUT2D eigenvalue weighted by Crippen LogP contribution is 2.23. The summed E-state index contributed by atoms with van der Waals surface area (Å²) in [5.74, 6) is 0.890. The number of urea groups is 1. The molecule has 0 saturated carbocycles. The zero-order valence-electron chi connectivity index (χ0n) is 17.4. The Morgan fingerprint density at radius 2 is 1.75 bits per heavy atom. The lowest BCUT2D eigenvalue weighted by Crippen LogP contribution is -2.50. The molecule has 2 amide bonds. The highest BCUT2D eigenvalue weighted by molar-refractivity contribution is 5.91. The van der Waals surface area contributed by atoms with Crippen molar-refractivity contribution < 1.29 is 9.53 Å². The van der Waals surface area contributed by atoms with Crippen LogP contribution in [0.4, 0.5) is 16.2 Å². The van der Waals surface area contributed by atoms with E-state index in [2.05, 4.69) is 35.3 Å². The number of para-hydroxylation sites is 1. The monoisotopic (exact) mass is 381 g/mol. The zero-order chi connectivity index (χ0) is 20.1. The Balaban J connectivity index is 1.57. The first-order valence-electron chi connectivity index (χ1n) is 10.1. The van der Waals surface area contributed by atoms with Crippen LogP contribution >= 0.6 is 0 Å². The minimum Gasteiger partial charge on any atom is -0.491 e. The van der Waals surface area contributed by atoms with Gasteiger partial charge in [-0.1, -0.05) is 25.1 Å². The fourth-order valence-corrected chi connectivity index (χ4v) is 3.56. The van der Waals surface area contributed by atoms with E-state index in [1.165, 1.54) is 11.3 Å². The third-order valence-electron chi connectivity index (χ3n) is 5.11. The summed E-state index contributed by atoms with van der Waals surface area (Å²) in [6.45, 7) is 11.3. The lowest BCUT2D eigenvalue weighted by Gasteiger charge is -2.36. The molecule has 2 aromatic rings. The first-order valence-corrected chi connectivity index (χ1v) is 10.1. The number of aryl methyl sites for hydroxylation is 2. The van der Waals surface area contributed by atoms with Crippen LogP contribution in [0.5, 0.6) is 5.75 Å². The predicted octanol–water partition coefficient (Wildman–Crippen LogP) is 4.70. The molecule has 5 heteroatoms. The van der Waals surface area contributed by atoms with E-state index in [1.54, 1.807) is 0 Å². The van der Waals surface area contributed by atoms with E-state index in [-0.39, 0.29) is 12.1 Å². The lowest BCUT2D eigenvalue weighted by atomic mass is 10.1. The Labute approximate surface area is 168 Å². The van der Waals surface area contributed by atoms with Crippen LogP contribution in [0.2, 0.25) is 0 Å². The summed E-state index contributed by atoms with van der Waals surface area (Å²) in [4.78, 5) is 17.0. The first-order chi connectivity index (χ1) is 13.5. The van der Waals surface area contributed by atoms with Crippen molar-refractivity contribution >= 4 is 17.4 Å². The largest absolute Gasteiger partial charge is 0.491 e. The Bertz CT molecular complexity index is 794. The number of hydrogen-bond acceptors (Lipinski definition) is 3. The molecule has 0 radical (unpaired) electrons. The van der Waals surface area contributed by atoms with Gasteiger partial charge in [0.25, 0.3) is 0 Å². The van der Waals surface area contributed by atoms with Gasteiger partial charge in [0, 0.05) is 37.6 Å². The molecule has 0 aromatic heterocycles. The third kappa shape index (κ3) is 4.77. The van der Waals surface area contributed by atoms with Crippen molar-refractivity contribution in [3.8, 4) is 5.75 Å². The van der Waals surface area contributed by atoms with Gasteiger partial charge in [0.05, 0.1) is 6.10 Å². The molecule has 1 N–H and O–H groups in total. The van der Waals surface area contributed by atoms with E-state index in [0.29, 0.717) is 13.1 Å². The molecule has 0 atom stereocenters. The number of hydrogen-bond donors (Lipinski definition) is 1. The molecule has 1 aliphatic heterocycles. The summed E-state index contributed by atoms with van der Waals surface area (Å²) in [6, 6.07) is 14.4. The van der Waals surface area contributed by atoms with Gasteiger partial charge in [-0.25, -0.2) is 4.79 Å². The van der Waals surface area contributed by atoms with Gasteiger partial charge < -0.3 is 19.9 Å². The first kappa shape index (κ1) is 20.1. The predicted molar refractivity (Wildman–Crippen MR) is 116 cm³/mol. The third-order valence-corrected chi connectivity index (χ3v) is 5.11. The number of anilines is 2. The molecule has 1 saturated heterocycles. The molecular weight excluding hydrogens is 350 g/mol. The van der Waals surface area contributed by atoms with Crippen molar-refractivity contribution in [1.29, 1.82) is 0 Å². The van der Waals surface area contributed by atoms with Gasteiger partial charge >= 0.3 is 6.03 Å². The maximum Gasteiger partial charge on any atom is 0.321 e. The van der Waals surface area contributed by atoms with Crippen LogP contribution in [0.3, 0.4) is 0 Å². The average molecular weight is 382 g/mol. The van der Waals surface area contributed by atoms with Crippen LogP contribution in [0, 0.1) is 6.92 Å². The van der Waals surface area contributed by atoms with Gasteiger partial charge in [-0.15, -0.1) is 0 Å². The zero-order valence-corrected chi connectivity index (χ0v) is 17.4. The quantitative estimate of drug-likeness (QED) is 0.817. The molecule has 3 rings (SSSR count). The molecule has 1 fully saturated rings. The number of nitrogens with one attached hydrogen (secondary N) is 1. The van der Waals surface area contributed by atoms with Crippen LogP contribution in [0.15, 0.2) is 42.5 Å². The van der Waals surface area contributed by atoms with Crippen LogP contribution in [0.1, 0.15) is 31.9 Å². The van der Waals surface area contributed by atoms with Gasteiger partial charge in [0.1, 0.15) is 5.75 Å². The van der Waals surface area contributed by atoms with Gasteiger partial charge in [-0.3, -0.25) is 0 Å². The van der Waals surface area contributed by atoms with E-state index in [1.807, 2.05) is 49.9 Å². The molecule has 0 spiro atoms. The molecule has 2 aromatic carbocycles. The van der Waals surface area contributed by atoms with Crippen molar-refractivity contribution in [3.63, 3.8) is 0 Å². The summed E-state index contributed by atoms with van der Waals surface area (Å²) in [7, 11) is 0. The topological polar surface area (TPSA) is 44.8 Å². The molecular formula is C23H31N3O2. The molecule has 1 heterocycles. The summed E-state index contributed by atoms with van der Waals surface area (Å²) in [5.41, 5.74) is 4.41. The maximum atomic E-state index is 12.8. The lowest BCUT2D eigenvalue weighted by molar-refractivity contribution is 0.208. The van der Waals surface area contributed by atoms with E-state index in [0.717, 1.165) is 36.5 Å². The number of nitrogens with zero attached hydrogens (tertiary/aromatic N) is 2. The Kier molecular flexibility index (Phi) is 6.45. The molecule has 0 unspecified atom stereocenters. The molecule has 5 nitrogen and oxygen atoms in total. The van der Waals surface area contributed by atoms with Crippen molar-refractivity contribution in [2.45, 2.75) is 40.2 Å². The highest BCUT2D eigenvalue weighted by Gasteiger charge is 2.22. The van der Waals surface area contributed by atoms with Gasteiger partial charge in [0.2, 0.25) is 0 Å².